The van der Waals surface area contributed by atoms with Gasteiger partial charge >= 0.3 is 0 Å². The van der Waals surface area contributed by atoms with Crippen LogP contribution in [0.5, 0.6) is 0 Å². The van der Waals surface area contributed by atoms with Crippen LogP contribution in [0.25, 0.3) is 0 Å². The Hall–Kier alpha value is -2.41. The summed E-state index contributed by atoms with van der Waals surface area (Å²) < 4.78 is 0. The number of benzene rings is 1. The molecule has 0 aliphatic heterocycles. The highest BCUT2D eigenvalue weighted by atomic mass is 32.1. The van der Waals surface area contributed by atoms with Gasteiger partial charge in [-0.1, -0.05) is 29.4 Å². The summed E-state index contributed by atoms with van der Waals surface area (Å²) in [5.74, 6) is -0.0258. The highest BCUT2D eigenvalue weighted by Crippen LogP contribution is 2.08. The molecule has 6 nitrogen and oxygen atoms in total. The third kappa shape index (κ3) is 4.28. The summed E-state index contributed by atoms with van der Waals surface area (Å²) >= 11 is 1.56. The number of aryl methyl sites for hydroxylation is 1. The molecule has 0 unspecified atom stereocenters. The van der Waals surface area contributed by atoms with Crippen molar-refractivity contribution in [1.29, 1.82) is 0 Å². The lowest BCUT2D eigenvalue weighted by molar-refractivity contribution is -0.120. The van der Waals surface area contributed by atoms with Gasteiger partial charge in [-0.05, 0) is 12.5 Å². The van der Waals surface area contributed by atoms with Gasteiger partial charge in [0.1, 0.15) is 0 Å². The standard InChI is InChI=1S/C14H16N4O2S/c1-9-17-12(8-21-9)7-16-13(19)6-10-2-4-11(5-3-10)14(15)18-20/h2-5,8,20H,6-7H2,1H3,(H2,15,18)(H,16,19). The Morgan fingerprint density at radius 2 is 2.14 bits per heavy atom. The predicted octanol–water partition coefficient (Wildman–Crippen LogP) is 1.40. The average molecular weight is 304 g/mol. The third-order valence-corrected chi connectivity index (χ3v) is 3.68. The monoisotopic (exact) mass is 304 g/mol. The SMILES string of the molecule is Cc1nc(CNC(=O)Cc2ccc(C(N)=NO)cc2)cs1. The predicted molar refractivity (Wildman–Crippen MR) is 81.4 cm³/mol. The quantitative estimate of drug-likeness (QED) is 0.336. The minimum atomic E-state index is -0.0720. The molecule has 7 heteroatoms. The van der Waals surface area contributed by atoms with E-state index in [0.717, 1.165) is 16.3 Å². The van der Waals surface area contributed by atoms with Crippen LogP contribution in [0.1, 0.15) is 21.8 Å². The zero-order valence-corrected chi connectivity index (χ0v) is 12.4. The van der Waals surface area contributed by atoms with Crippen molar-refractivity contribution < 1.29 is 10.0 Å². The van der Waals surface area contributed by atoms with Crippen LogP contribution in [0.15, 0.2) is 34.8 Å². The molecule has 0 spiro atoms. The number of nitrogens with two attached hydrogens (primary N) is 1. The molecule has 2 aromatic rings. The molecule has 1 amide bonds. The molecule has 0 aliphatic carbocycles. The van der Waals surface area contributed by atoms with E-state index in [0.29, 0.717) is 12.1 Å². The number of rotatable bonds is 5. The van der Waals surface area contributed by atoms with Gasteiger partial charge in [0.05, 0.1) is 23.7 Å². The number of aromatic nitrogens is 1. The Balaban J connectivity index is 1.87. The second-order valence-electron chi connectivity index (χ2n) is 4.49. The number of amides is 1. The van der Waals surface area contributed by atoms with Crippen LogP contribution < -0.4 is 11.1 Å². The van der Waals surface area contributed by atoms with Crippen LogP contribution in [0, 0.1) is 6.92 Å². The number of nitrogens with zero attached hydrogens (tertiary/aromatic N) is 2. The molecule has 1 heterocycles. The molecule has 4 N–H and O–H groups in total. The summed E-state index contributed by atoms with van der Waals surface area (Å²) in [4.78, 5) is 16.1. The van der Waals surface area contributed by atoms with Crippen LogP contribution in [0.4, 0.5) is 0 Å². The van der Waals surface area contributed by atoms with E-state index in [1.54, 1.807) is 35.6 Å². The topological polar surface area (TPSA) is 101 Å². The molecular formula is C14H16N4O2S. The van der Waals surface area contributed by atoms with Crippen LogP contribution in [0.2, 0.25) is 0 Å². The summed E-state index contributed by atoms with van der Waals surface area (Å²) in [5, 5.41) is 17.2. The van der Waals surface area contributed by atoms with Gasteiger partial charge in [0, 0.05) is 10.9 Å². The van der Waals surface area contributed by atoms with Crippen LogP contribution in [-0.2, 0) is 17.8 Å². The summed E-state index contributed by atoms with van der Waals surface area (Å²) in [7, 11) is 0. The molecule has 0 atom stereocenters. The van der Waals surface area contributed by atoms with Gasteiger partial charge in [-0.2, -0.15) is 0 Å². The van der Waals surface area contributed by atoms with Crippen LogP contribution in [-0.4, -0.2) is 21.9 Å². The van der Waals surface area contributed by atoms with E-state index in [-0.39, 0.29) is 18.2 Å². The van der Waals surface area contributed by atoms with Crippen molar-refractivity contribution in [2.75, 3.05) is 0 Å². The van der Waals surface area contributed by atoms with Gasteiger partial charge in [-0.25, -0.2) is 4.98 Å². The molecule has 0 radical (unpaired) electrons. The van der Waals surface area contributed by atoms with Gasteiger partial charge in [0.15, 0.2) is 5.84 Å². The fraction of sp³-hybridized carbons (Fsp3) is 0.214. The van der Waals surface area contributed by atoms with Crippen molar-refractivity contribution in [3.8, 4) is 0 Å². The molecule has 0 fully saturated rings. The number of hydrogen-bond acceptors (Lipinski definition) is 5. The molecule has 0 saturated carbocycles. The highest BCUT2D eigenvalue weighted by Gasteiger charge is 2.06. The number of carbonyl (C=O) groups is 1. The van der Waals surface area contributed by atoms with Crippen LogP contribution in [0.3, 0.4) is 0 Å². The number of carbonyl (C=O) groups excluding carboxylic acids is 1. The molecule has 0 saturated heterocycles. The first-order valence-corrected chi connectivity index (χ1v) is 7.21. The molecule has 1 aromatic carbocycles. The molecule has 21 heavy (non-hydrogen) atoms. The van der Waals surface area contributed by atoms with E-state index < -0.39 is 0 Å². The highest BCUT2D eigenvalue weighted by molar-refractivity contribution is 7.09. The smallest absolute Gasteiger partial charge is 0.224 e. The minimum Gasteiger partial charge on any atom is -0.409 e. The van der Waals surface area contributed by atoms with Gasteiger partial charge in [0.2, 0.25) is 5.91 Å². The van der Waals surface area contributed by atoms with Crippen molar-refractivity contribution in [2.45, 2.75) is 19.9 Å². The van der Waals surface area contributed by atoms with E-state index in [4.69, 9.17) is 10.9 Å². The summed E-state index contributed by atoms with van der Waals surface area (Å²) in [5.41, 5.74) is 7.81. The van der Waals surface area contributed by atoms with Gasteiger partial charge in [0.25, 0.3) is 0 Å². The van der Waals surface area contributed by atoms with Crippen molar-refractivity contribution >= 4 is 23.1 Å². The Bertz CT molecular complexity index is 649. The fourth-order valence-electron chi connectivity index (χ4n) is 1.78. The molecule has 1 aromatic heterocycles. The Morgan fingerprint density at radius 1 is 1.43 bits per heavy atom. The van der Waals surface area contributed by atoms with E-state index in [2.05, 4.69) is 15.5 Å². The zero-order valence-electron chi connectivity index (χ0n) is 11.5. The Labute approximate surface area is 126 Å². The van der Waals surface area contributed by atoms with Crippen molar-refractivity contribution in [3.63, 3.8) is 0 Å². The maximum atomic E-state index is 11.8. The zero-order chi connectivity index (χ0) is 15.2. The molecular weight excluding hydrogens is 288 g/mol. The Morgan fingerprint density at radius 3 is 2.71 bits per heavy atom. The lowest BCUT2D eigenvalue weighted by atomic mass is 10.1. The first kappa shape index (κ1) is 15.0. The van der Waals surface area contributed by atoms with E-state index in [1.807, 2.05) is 12.3 Å². The van der Waals surface area contributed by atoms with Crippen molar-refractivity contribution in [2.24, 2.45) is 10.9 Å². The summed E-state index contributed by atoms with van der Waals surface area (Å²) in [6.45, 7) is 2.37. The second kappa shape index (κ2) is 6.85. The van der Waals surface area contributed by atoms with Gasteiger partial charge in [-0.15, -0.1) is 11.3 Å². The van der Waals surface area contributed by atoms with Gasteiger partial charge in [-0.3, -0.25) is 4.79 Å². The number of nitrogens with one attached hydrogen (secondary N) is 1. The van der Waals surface area contributed by atoms with E-state index in [1.165, 1.54) is 0 Å². The summed E-state index contributed by atoms with van der Waals surface area (Å²) in [6, 6.07) is 6.98. The summed E-state index contributed by atoms with van der Waals surface area (Å²) in [6.07, 6.45) is 0.277. The molecule has 110 valence electrons. The lowest BCUT2D eigenvalue weighted by Gasteiger charge is -2.05. The second-order valence-corrected chi connectivity index (χ2v) is 5.56. The Kier molecular flexibility index (Phi) is 4.89. The first-order chi connectivity index (χ1) is 10.1. The molecule has 0 aliphatic rings. The number of amidine groups is 1. The molecule has 2 rings (SSSR count). The average Bonchev–Trinajstić information content (AvgIpc) is 2.91. The van der Waals surface area contributed by atoms with Crippen molar-refractivity contribution in [1.82, 2.24) is 10.3 Å². The lowest BCUT2D eigenvalue weighted by Crippen LogP contribution is -2.24. The number of thiazole rings is 1. The van der Waals surface area contributed by atoms with E-state index in [9.17, 15) is 4.79 Å². The van der Waals surface area contributed by atoms with Crippen LogP contribution >= 0.6 is 11.3 Å². The first-order valence-electron chi connectivity index (χ1n) is 6.33. The third-order valence-electron chi connectivity index (χ3n) is 2.86. The number of oxime groups is 1. The minimum absolute atomic E-state index is 0.0462. The van der Waals surface area contributed by atoms with E-state index >= 15 is 0 Å². The normalized spacial score (nSPS) is 11.4. The maximum Gasteiger partial charge on any atom is 0.224 e. The largest absolute Gasteiger partial charge is 0.409 e. The van der Waals surface area contributed by atoms with Gasteiger partial charge < -0.3 is 16.3 Å². The number of hydrogen-bond donors (Lipinski definition) is 3. The maximum absolute atomic E-state index is 11.8. The van der Waals surface area contributed by atoms with Crippen molar-refractivity contribution in [3.05, 3.63) is 51.5 Å². The molecule has 0 bridgehead atoms. The fourth-order valence-corrected chi connectivity index (χ4v) is 2.39.